The minimum atomic E-state index is -0.345. The molecule has 142 valence electrons. The summed E-state index contributed by atoms with van der Waals surface area (Å²) in [5.74, 6) is 1.49. The number of benzene rings is 2. The second kappa shape index (κ2) is 10.0. The van der Waals surface area contributed by atoms with Crippen LogP contribution in [0.4, 0.5) is 0 Å². The van der Waals surface area contributed by atoms with Crippen molar-refractivity contribution in [1.29, 1.82) is 0 Å². The lowest BCUT2D eigenvalue weighted by Gasteiger charge is -2.09. The summed E-state index contributed by atoms with van der Waals surface area (Å²) >= 11 is 0. The van der Waals surface area contributed by atoms with Crippen molar-refractivity contribution in [2.75, 3.05) is 20.3 Å². The Morgan fingerprint density at radius 2 is 1.93 bits per heavy atom. The van der Waals surface area contributed by atoms with E-state index in [0.717, 1.165) is 11.1 Å². The number of nitrogens with zero attached hydrogens (tertiary/aromatic N) is 1. The fraction of sp³-hybridized carbons (Fsp3) is 0.238. The Morgan fingerprint density at radius 1 is 1.11 bits per heavy atom. The first-order valence-corrected chi connectivity index (χ1v) is 8.47. The standard InChI is InChI=1S/C21H24N2O4/c1-5-10-26-19-9-7-17(12-20(19)25-4)13-22-23-21(24)14-27-18-8-6-15(2)16(3)11-18/h5-9,11-13H,1,10,14H2,2-4H3,(H,23,24)/b22-13-. The van der Waals surface area contributed by atoms with Crippen LogP contribution in [0.5, 0.6) is 17.2 Å². The van der Waals surface area contributed by atoms with E-state index in [1.165, 1.54) is 11.8 Å². The van der Waals surface area contributed by atoms with E-state index in [1.807, 2.05) is 38.1 Å². The number of nitrogens with one attached hydrogen (secondary N) is 1. The van der Waals surface area contributed by atoms with Gasteiger partial charge in [0, 0.05) is 0 Å². The van der Waals surface area contributed by atoms with Gasteiger partial charge in [-0.1, -0.05) is 18.7 Å². The largest absolute Gasteiger partial charge is 0.493 e. The van der Waals surface area contributed by atoms with E-state index < -0.39 is 0 Å². The van der Waals surface area contributed by atoms with Gasteiger partial charge in [-0.25, -0.2) is 5.43 Å². The SMILES string of the molecule is C=CCOc1ccc(/C=N\NC(=O)COc2ccc(C)c(C)c2)cc1OC. The van der Waals surface area contributed by atoms with Gasteiger partial charge in [0.1, 0.15) is 12.4 Å². The van der Waals surface area contributed by atoms with Gasteiger partial charge in [0.15, 0.2) is 18.1 Å². The zero-order valence-electron chi connectivity index (χ0n) is 15.8. The molecule has 0 aliphatic rings. The first-order chi connectivity index (χ1) is 13.0. The molecule has 0 spiro atoms. The number of hydrazone groups is 1. The third-order valence-electron chi connectivity index (χ3n) is 3.80. The van der Waals surface area contributed by atoms with Crippen molar-refractivity contribution in [2.45, 2.75) is 13.8 Å². The van der Waals surface area contributed by atoms with Gasteiger partial charge in [-0.2, -0.15) is 5.10 Å². The maximum absolute atomic E-state index is 11.8. The summed E-state index contributed by atoms with van der Waals surface area (Å²) in [6.45, 7) is 7.90. The first-order valence-electron chi connectivity index (χ1n) is 8.47. The van der Waals surface area contributed by atoms with E-state index in [2.05, 4.69) is 17.1 Å². The Bertz CT molecular complexity index is 831. The molecule has 0 aromatic heterocycles. The van der Waals surface area contributed by atoms with Gasteiger partial charge in [-0.3, -0.25) is 4.79 Å². The monoisotopic (exact) mass is 368 g/mol. The van der Waals surface area contributed by atoms with Gasteiger partial charge >= 0.3 is 0 Å². The maximum atomic E-state index is 11.8. The van der Waals surface area contributed by atoms with Crippen LogP contribution in [0.25, 0.3) is 0 Å². The van der Waals surface area contributed by atoms with E-state index in [4.69, 9.17) is 14.2 Å². The van der Waals surface area contributed by atoms with E-state index in [0.29, 0.717) is 23.9 Å². The Balaban J connectivity index is 1.87. The molecule has 0 aliphatic carbocycles. The molecular weight excluding hydrogens is 344 g/mol. The molecule has 1 N–H and O–H groups in total. The highest BCUT2D eigenvalue weighted by Crippen LogP contribution is 2.27. The van der Waals surface area contributed by atoms with Crippen molar-refractivity contribution in [1.82, 2.24) is 5.43 Å². The van der Waals surface area contributed by atoms with E-state index >= 15 is 0 Å². The van der Waals surface area contributed by atoms with Crippen molar-refractivity contribution < 1.29 is 19.0 Å². The minimum absolute atomic E-state index is 0.114. The smallest absolute Gasteiger partial charge is 0.277 e. The van der Waals surface area contributed by atoms with Gasteiger partial charge in [-0.05, 0) is 60.9 Å². The zero-order valence-corrected chi connectivity index (χ0v) is 15.8. The van der Waals surface area contributed by atoms with Crippen LogP contribution in [0.2, 0.25) is 0 Å². The summed E-state index contributed by atoms with van der Waals surface area (Å²) < 4.78 is 16.2. The first kappa shape index (κ1) is 20.0. The molecule has 27 heavy (non-hydrogen) atoms. The molecule has 2 aromatic carbocycles. The Labute approximate surface area is 159 Å². The maximum Gasteiger partial charge on any atom is 0.277 e. The van der Waals surface area contributed by atoms with Gasteiger partial charge in [0.2, 0.25) is 0 Å². The van der Waals surface area contributed by atoms with Crippen LogP contribution in [0, 0.1) is 13.8 Å². The zero-order chi connectivity index (χ0) is 19.6. The van der Waals surface area contributed by atoms with Crippen molar-refractivity contribution in [3.05, 3.63) is 65.7 Å². The molecule has 1 amide bonds. The number of hydrogen-bond acceptors (Lipinski definition) is 5. The van der Waals surface area contributed by atoms with E-state index in [1.54, 1.807) is 25.3 Å². The van der Waals surface area contributed by atoms with Crippen molar-refractivity contribution in [2.24, 2.45) is 5.10 Å². The number of rotatable bonds is 9. The summed E-state index contributed by atoms with van der Waals surface area (Å²) in [6.07, 6.45) is 3.18. The van der Waals surface area contributed by atoms with Crippen LogP contribution in [-0.2, 0) is 4.79 Å². The highest BCUT2D eigenvalue weighted by molar-refractivity contribution is 5.83. The number of carbonyl (C=O) groups excluding carboxylic acids is 1. The predicted molar refractivity (Wildman–Crippen MR) is 106 cm³/mol. The summed E-state index contributed by atoms with van der Waals surface area (Å²) in [5.41, 5.74) is 5.48. The summed E-state index contributed by atoms with van der Waals surface area (Å²) in [6, 6.07) is 11.0. The molecule has 6 heteroatoms. The number of aryl methyl sites for hydroxylation is 2. The fourth-order valence-electron chi connectivity index (χ4n) is 2.20. The number of carbonyl (C=O) groups is 1. The number of hydrogen-bond donors (Lipinski definition) is 1. The molecule has 2 aromatic rings. The molecule has 2 rings (SSSR count). The average molecular weight is 368 g/mol. The van der Waals surface area contributed by atoms with Crippen LogP contribution < -0.4 is 19.6 Å². The normalized spacial score (nSPS) is 10.5. The van der Waals surface area contributed by atoms with Gasteiger partial charge < -0.3 is 14.2 Å². The molecule has 0 bridgehead atoms. The second-order valence-electron chi connectivity index (χ2n) is 5.84. The van der Waals surface area contributed by atoms with Gasteiger partial charge in [-0.15, -0.1) is 0 Å². The van der Waals surface area contributed by atoms with Gasteiger partial charge in [0.05, 0.1) is 13.3 Å². The molecule has 0 radical (unpaired) electrons. The summed E-state index contributed by atoms with van der Waals surface area (Å²) in [5, 5.41) is 3.94. The highest BCUT2D eigenvalue weighted by Gasteiger charge is 2.05. The fourth-order valence-corrected chi connectivity index (χ4v) is 2.20. The summed E-state index contributed by atoms with van der Waals surface area (Å²) in [7, 11) is 1.56. The van der Waals surface area contributed by atoms with Crippen LogP contribution in [0.15, 0.2) is 54.2 Å². The number of ether oxygens (including phenoxy) is 3. The average Bonchev–Trinajstić information content (AvgIpc) is 2.67. The van der Waals surface area contributed by atoms with E-state index in [-0.39, 0.29) is 12.5 Å². The molecule has 0 unspecified atom stereocenters. The van der Waals surface area contributed by atoms with E-state index in [9.17, 15) is 4.79 Å². The van der Waals surface area contributed by atoms with Gasteiger partial charge in [0.25, 0.3) is 5.91 Å². The molecule has 0 aliphatic heterocycles. The lowest BCUT2D eigenvalue weighted by molar-refractivity contribution is -0.123. The molecule has 0 atom stereocenters. The quantitative estimate of drug-likeness (QED) is 0.418. The number of methoxy groups -OCH3 is 1. The van der Waals surface area contributed by atoms with Crippen LogP contribution in [0.3, 0.4) is 0 Å². The molecule has 0 heterocycles. The molecule has 0 saturated carbocycles. The summed E-state index contributed by atoms with van der Waals surface area (Å²) in [4.78, 5) is 11.8. The molecule has 6 nitrogen and oxygen atoms in total. The molecular formula is C21H24N2O4. The molecule has 0 fully saturated rings. The minimum Gasteiger partial charge on any atom is -0.493 e. The Kier molecular flexibility index (Phi) is 7.43. The predicted octanol–water partition coefficient (Wildman–Crippen LogP) is 3.41. The third-order valence-corrected chi connectivity index (χ3v) is 3.80. The van der Waals surface area contributed by atoms with Crippen LogP contribution in [0.1, 0.15) is 16.7 Å². The van der Waals surface area contributed by atoms with Crippen LogP contribution in [-0.4, -0.2) is 32.4 Å². The number of amides is 1. The lowest BCUT2D eigenvalue weighted by atomic mass is 10.1. The van der Waals surface area contributed by atoms with Crippen molar-refractivity contribution in [3.63, 3.8) is 0 Å². The van der Waals surface area contributed by atoms with Crippen LogP contribution >= 0.6 is 0 Å². The van der Waals surface area contributed by atoms with Crippen molar-refractivity contribution in [3.8, 4) is 17.2 Å². The topological polar surface area (TPSA) is 69.2 Å². The lowest BCUT2D eigenvalue weighted by Crippen LogP contribution is -2.24. The van der Waals surface area contributed by atoms with Crippen molar-refractivity contribution >= 4 is 12.1 Å². The molecule has 0 saturated heterocycles. The highest BCUT2D eigenvalue weighted by atomic mass is 16.5. The second-order valence-corrected chi connectivity index (χ2v) is 5.84. The third kappa shape index (κ3) is 6.18. The Morgan fingerprint density at radius 3 is 2.63 bits per heavy atom. The Hall–Kier alpha value is -3.28.